The summed E-state index contributed by atoms with van der Waals surface area (Å²) < 4.78 is 5.31. The number of anilines is 1. The van der Waals surface area contributed by atoms with E-state index in [1.54, 1.807) is 31.5 Å². The summed E-state index contributed by atoms with van der Waals surface area (Å²) in [7, 11) is 0. The molecule has 0 fully saturated rings. The molecule has 0 aliphatic rings. The van der Waals surface area contributed by atoms with Gasteiger partial charge in [-0.25, -0.2) is 4.98 Å². The number of hydrogen-bond acceptors (Lipinski definition) is 5. The van der Waals surface area contributed by atoms with Crippen molar-refractivity contribution < 1.29 is 9.66 Å². The van der Waals surface area contributed by atoms with Gasteiger partial charge in [0.05, 0.1) is 17.6 Å². The van der Waals surface area contributed by atoms with Gasteiger partial charge < -0.3 is 15.0 Å². The van der Waals surface area contributed by atoms with Crippen LogP contribution in [0, 0.1) is 10.1 Å². The van der Waals surface area contributed by atoms with Crippen molar-refractivity contribution in [1.82, 2.24) is 9.97 Å². The topological polar surface area (TPSA) is 93.1 Å². The maximum absolute atomic E-state index is 10.9. The number of aromatic nitrogens is 2. The molecular weight excluding hydrogens is 260 g/mol. The molecule has 2 N–H and O–H groups in total. The fourth-order valence-corrected chi connectivity index (χ4v) is 1.86. The number of ether oxygens (including phenoxy) is 1. The monoisotopic (exact) mass is 276 g/mol. The Bertz CT molecular complexity index is 583. The molecule has 0 radical (unpaired) electrons. The SMILES string of the molecule is CCOc1cc(NC(C)c2ncc[nH]2)ccc1[N+](=O)[O-]. The molecule has 1 atom stereocenters. The number of nitrogens with one attached hydrogen (secondary N) is 2. The molecule has 0 amide bonds. The fraction of sp³-hybridized carbons (Fsp3) is 0.308. The largest absolute Gasteiger partial charge is 0.487 e. The Hall–Kier alpha value is -2.57. The molecule has 2 aromatic rings. The highest BCUT2D eigenvalue weighted by Gasteiger charge is 2.16. The van der Waals surface area contributed by atoms with Gasteiger partial charge in [0, 0.05) is 30.2 Å². The zero-order valence-electron chi connectivity index (χ0n) is 11.3. The molecule has 20 heavy (non-hydrogen) atoms. The summed E-state index contributed by atoms with van der Waals surface area (Å²) in [6.45, 7) is 4.11. The summed E-state index contributed by atoms with van der Waals surface area (Å²) in [5.74, 6) is 1.05. The molecule has 7 heteroatoms. The lowest BCUT2D eigenvalue weighted by molar-refractivity contribution is -0.385. The summed E-state index contributed by atoms with van der Waals surface area (Å²) in [5, 5.41) is 14.1. The van der Waals surface area contributed by atoms with E-state index >= 15 is 0 Å². The number of H-pyrrole nitrogens is 1. The summed E-state index contributed by atoms with van der Waals surface area (Å²) in [4.78, 5) is 17.6. The summed E-state index contributed by atoms with van der Waals surface area (Å²) >= 11 is 0. The van der Waals surface area contributed by atoms with Crippen molar-refractivity contribution in [3.8, 4) is 5.75 Å². The summed E-state index contributed by atoms with van der Waals surface area (Å²) in [6, 6.07) is 4.67. The molecule has 0 aliphatic heterocycles. The van der Waals surface area contributed by atoms with Gasteiger partial charge in [-0.2, -0.15) is 0 Å². The average Bonchev–Trinajstić information content (AvgIpc) is 2.93. The van der Waals surface area contributed by atoms with Crippen molar-refractivity contribution in [2.24, 2.45) is 0 Å². The molecule has 1 unspecified atom stereocenters. The van der Waals surface area contributed by atoms with Crippen LogP contribution in [0.3, 0.4) is 0 Å². The number of rotatable bonds is 6. The van der Waals surface area contributed by atoms with Crippen molar-refractivity contribution in [1.29, 1.82) is 0 Å². The molecule has 7 nitrogen and oxygen atoms in total. The lowest BCUT2D eigenvalue weighted by Crippen LogP contribution is -2.08. The first-order chi connectivity index (χ1) is 9.61. The first-order valence-corrected chi connectivity index (χ1v) is 6.29. The number of nitrogens with zero attached hydrogens (tertiary/aromatic N) is 2. The van der Waals surface area contributed by atoms with Gasteiger partial charge in [-0.3, -0.25) is 10.1 Å². The van der Waals surface area contributed by atoms with E-state index in [4.69, 9.17) is 4.74 Å². The quantitative estimate of drug-likeness (QED) is 0.625. The Kier molecular flexibility index (Phi) is 4.19. The number of nitro benzene ring substituents is 1. The van der Waals surface area contributed by atoms with Crippen LogP contribution in [0.15, 0.2) is 30.6 Å². The van der Waals surface area contributed by atoms with E-state index in [2.05, 4.69) is 15.3 Å². The van der Waals surface area contributed by atoms with Crippen LogP contribution in [0.25, 0.3) is 0 Å². The second-order valence-electron chi connectivity index (χ2n) is 4.21. The minimum absolute atomic E-state index is 0.0388. The van der Waals surface area contributed by atoms with E-state index in [0.29, 0.717) is 6.61 Å². The maximum Gasteiger partial charge on any atom is 0.311 e. The molecule has 0 bridgehead atoms. The minimum atomic E-state index is -0.454. The van der Waals surface area contributed by atoms with E-state index in [-0.39, 0.29) is 17.5 Å². The second kappa shape index (κ2) is 6.05. The van der Waals surface area contributed by atoms with Gasteiger partial charge >= 0.3 is 5.69 Å². The summed E-state index contributed by atoms with van der Waals surface area (Å²) in [5.41, 5.74) is 0.700. The van der Waals surface area contributed by atoms with Gasteiger partial charge in [-0.1, -0.05) is 0 Å². The molecule has 0 saturated carbocycles. The van der Waals surface area contributed by atoms with Crippen LogP contribution in [-0.4, -0.2) is 21.5 Å². The van der Waals surface area contributed by atoms with Crippen molar-refractivity contribution >= 4 is 11.4 Å². The highest BCUT2D eigenvalue weighted by Crippen LogP contribution is 2.31. The lowest BCUT2D eigenvalue weighted by Gasteiger charge is -2.14. The molecule has 1 aromatic carbocycles. The van der Waals surface area contributed by atoms with Gasteiger partial charge in [-0.05, 0) is 19.9 Å². The highest BCUT2D eigenvalue weighted by molar-refractivity contribution is 5.58. The second-order valence-corrected chi connectivity index (χ2v) is 4.21. The van der Waals surface area contributed by atoms with Gasteiger partial charge in [0.25, 0.3) is 0 Å². The lowest BCUT2D eigenvalue weighted by atomic mass is 10.2. The Balaban J connectivity index is 2.20. The van der Waals surface area contributed by atoms with Crippen LogP contribution in [0.4, 0.5) is 11.4 Å². The van der Waals surface area contributed by atoms with Gasteiger partial charge in [0.15, 0.2) is 5.75 Å². The normalized spacial score (nSPS) is 11.9. The number of imidazole rings is 1. The number of nitro groups is 1. The maximum atomic E-state index is 10.9. The first-order valence-electron chi connectivity index (χ1n) is 6.29. The van der Waals surface area contributed by atoms with Gasteiger partial charge in [0.2, 0.25) is 0 Å². The first kappa shape index (κ1) is 13.9. The van der Waals surface area contributed by atoms with Gasteiger partial charge in [-0.15, -0.1) is 0 Å². The third-order valence-corrected chi connectivity index (χ3v) is 2.77. The predicted molar refractivity (Wildman–Crippen MR) is 74.9 cm³/mol. The van der Waals surface area contributed by atoms with Crippen LogP contribution in [0.5, 0.6) is 5.75 Å². The van der Waals surface area contributed by atoms with Crippen molar-refractivity contribution in [3.05, 3.63) is 46.5 Å². The van der Waals surface area contributed by atoms with Crippen molar-refractivity contribution in [2.75, 3.05) is 11.9 Å². The third-order valence-electron chi connectivity index (χ3n) is 2.77. The molecule has 106 valence electrons. The highest BCUT2D eigenvalue weighted by atomic mass is 16.6. The van der Waals surface area contributed by atoms with E-state index in [1.807, 2.05) is 6.92 Å². The fourth-order valence-electron chi connectivity index (χ4n) is 1.86. The zero-order chi connectivity index (χ0) is 14.5. The Morgan fingerprint density at radius 3 is 2.95 bits per heavy atom. The van der Waals surface area contributed by atoms with Crippen molar-refractivity contribution in [2.45, 2.75) is 19.9 Å². The Morgan fingerprint density at radius 1 is 1.55 bits per heavy atom. The Labute approximate surface area is 116 Å². The Morgan fingerprint density at radius 2 is 2.35 bits per heavy atom. The van der Waals surface area contributed by atoms with Crippen LogP contribution >= 0.6 is 0 Å². The van der Waals surface area contributed by atoms with E-state index in [0.717, 1.165) is 11.5 Å². The zero-order valence-corrected chi connectivity index (χ0v) is 11.3. The van der Waals surface area contributed by atoms with Crippen molar-refractivity contribution in [3.63, 3.8) is 0 Å². The van der Waals surface area contributed by atoms with Crippen LogP contribution < -0.4 is 10.1 Å². The van der Waals surface area contributed by atoms with E-state index < -0.39 is 4.92 Å². The molecule has 0 saturated heterocycles. The van der Waals surface area contributed by atoms with Crippen LogP contribution in [0.1, 0.15) is 25.7 Å². The standard InChI is InChI=1S/C13H16N4O3/c1-3-20-12-8-10(4-5-11(12)17(18)19)16-9(2)13-14-6-7-15-13/h4-9,16H,3H2,1-2H3,(H,14,15). The molecule has 0 aliphatic carbocycles. The van der Waals surface area contributed by atoms with Gasteiger partial charge in [0.1, 0.15) is 5.82 Å². The van der Waals surface area contributed by atoms with Crippen LogP contribution in [-0.2, 0) is 0 Å². The number of benzene rings is 1. The molecule has 1 heterocycles. The molecular formula is C13H16N4O3. The average molecular weight is 276 g/mol. The molecule has 2 rings (SSSR count). The van der Waals surface area contributed by atoms with Crippen LogP contribution in [0.2, 0.25) is 0 Å². The number of aromatic amines is 1. The third kappa shape index (κ3) is 3.05. The van der Waals surface area contributed by atoms with E-state index in [9.17, 15) is 10.1 Å². The summed E-state index contributed by atoms with van der Waals surface area (Å²) in [6.07, 6.45) is 3.42. The minimum Gasteiger partial charge on any atom is -0.487 e. The number of hydrogen-bond donors (Lipinski definition) is 2. The molecule has 1 aromatic heterocycles. The predicted octanol–water partition coefficient (Wildman–Crippen LogP) is 2.89. The smallest absolute Gasteiger partial charge is 0.311 e. The van der Waals surface area contributed by atoms with E-state index in [1.165, 1.54) is 6.07 Å². The molecule has 0 spiro atoms.